The summed E-state index contributed by atoms with van der Waals surface area (Å²) in [6.45, 7) is 1.46. The maximum absolute atomic E-state index is 13.6. The number of sulfonamides is 1. The molecule has 0 aliphatic carbocycles. The zero-order valence-corrected chi connectivity index (χ0v) is 24.0. The third kappa shape index (κ3) is 5.71. The SMILES string of the molecule is CN1C(=O)c2cc(NS(=O)(=O)c3cccc(F)c3)ccc2OC[C@H]2O[C@H](CC(=O)N3CCc4ccccc4C3)CC[C@H]21. The Balaban J connectivity index is 1.13. The number of nitrogens with one attached hydrogen (secondary N) is 1. The van der Waals surface area contributed by atoms with Crippen molar-refractivity contribution in [1.82, 2.24) is 9.80 Å². The number of fused-ring (bicyclic) bond motifs is 3. The maximum atomic E-state index is 13.6. The van der Waals surface area contributed by atoms with Crippen molar-refractivity contribution < 1.29 is 31.9 Å². The molecule has 42 heavy (non-hydrogen) atoms. The van der Waals surface area contributed by atoms with E-state index in [4.69, 9.17) is 9.47 Å². The molecule has 220 valence electrons. The van der Waals surface area contributed by atoms with E-state index in [9.17, 15) is 22.4 Å². The van der Waals surface area contributed by atoms with Crippen LogP contribution in [-0.2, 0) is 32.5 Å². The molecule has 3 heterocycles. The number of halogens is 1. The highest BCUT2D eigenvalue weighted by molar-refractivity contribution is 7.92. The van der Waals surface area contributed by atoms with Crippen LogP contribution in [0.4, 0.5) is 10.1 Å². The minimum atomic E-state index is -4.07. The Morgan fingerprint density at radius 1 is 1.05 bits per heavy atom. The Morgan fingerprint density at radius 2 is 1.86 bits per heavy atom. The van der Waals surface area contributed by atoms with Gasteiger partial charge in [0.1, 0.15) is 24.3 Å². The van der Waals surface area contributed by atoms with Crippen molar-refractivity contribution in [3.05, 3.63) is 89.2 Å². The number of likely N-dealkylation sites (N-methyl/N-ethyl adjacent to an activating group) is 1. The number of rotatable bonds is 5. The van der Waals surface area contributed by atoms with E-state index in [2.05, 4.69) is 16.9 Å². The van der Waals surface area contributed by atoms with Gasteiger partial charge < -0.3 is 19.3 Å². The third-order valence-corrected chi connectivity index (χ3v) is 9.63. The van der Waals surface area contributed by atoms with Gasteiger partial charge in [0.15, 0.2) is 0 Å². The summed E-state index contributed by atoms with van der Waals surface area (Å²) < 4.78 is 54.0. The van der Waals surface area contributed by atoms with E-state index in [0.29, 0.717) is 31.7 Å². The van der Waals surface area contributed by atoms with Gasteiger partial charge in [-0.15, -0.1) is 0 Å². The van der Waals surface area contributed by atoms with E-state index in [-0.39, 0.29) is 53.1 Å². The Morgan fingerprint density at radius 3 is 2.67 bits per heavy atom. The van der Waals surface area contributed by atoms with E-state index in [1.54, 1.807) is 11.9 Å². The van der Waals surface area contributed by atoms with Crippen LogP contribution >= 0.6 is 0 Å². The lowest BCUT2D eigenvalue weighted by atomic mass is 9.94. The quantitative estimate of drug-likeness (QED) is 0.480. The fourth-order valence-electron chi connectivity index (χ4n) is 5.97. The lowest BCUT2D eigenvalue weighted by Crippen LogP contribution is -2.54. The van der Waals surface area contributed by atoms with Gasteiger partial charge in [-0.2, -0.15) is 0 Å². The predicted molar refractivity (Wildman–Crippen MR) is 153 cm³/mol. The normalized spacial score (nSPS) is 22.1. The summed E-state index contributed by atoms with van der Waals surface area (Å²) in [7, 11) is -2.38. The highest BCUT2D eigenvalue weighted by Crippen LogP contribution is 2.33. The van der Waals surface area contributed by atoms with Gasteiger partial charge in [0, 0.05) is 25.8 Å². The molecule has 3 atom stereocenters. The van der Waals surface area contributed by atoms with E-state index < -0.39 is 21.9 Å². The number of ether oxygens (including phenoxy) is 2. The Kier molecular flexibility index (Phi) is 7.63. The monoisotopic (exact) mass is 593 g/mol. The highest BCUT2D eigenvalue weighted by atomic mass is 32.2. The van der Waals surface area contributed by atoms with Crippen LogP contribution in [0.15, 0.2) is 71.6 Å². The molecule has 6 rings (SSSR count). The van der Waals surface area contributed by atoms with Gasteiger partial charge in [-0.05, 0) is 66.8 Å². The van der Waals surface area contributed by atoms with Gasteiger partial charge in [-0.25, -0.2) is 12.8 Å². The molecule has 0 saturated carbocycles. The Bertz CT molecular complexity index is 1630. The molecule has 3 aromatic carbocycles. The van der Waals surface area contributed by atoms with Gasteiger partial charge in [-0.1, -0.05) is 30.3 Å². The first-order chi connectivity index (χ1) is 20.2. The molecular formula is C31H32FN3O6S. The van der Waals surface area contributed by atoms with Crippen LogP contribution in [0.1, 0.15) is 40.7 Å². The molecule has 1 fully saturated rings. The largest absolute Gasteiger partial charge is 0.490 e. The van der Waals surface area contributed by atoms with Gasteiger partial charge in [0.25, 0.3) is 15.9 Å². The van der Waals surface area contributed by atoms with Crippen LogP contribution in [0.2, 0.25) is 0 Å². The van der Waals surface area contributed by atoms with Crippen molar-refractivity contribution in [2.75, 3.05) is 24.9 Å². The number of nitrogens with zero attached hydrogens (tertiary/aromatic N) is 2. The van der Waals surface area contributed by atoms with Crippen LogP contribution in [0, 0.1) is 5.82 Å². The molecule has 0 radical (unpaired) electrons. The highest BCUT2D eigenvalue weighted by Gasteiger charge is 2.39. The molecule has 2 amide bonds. The summed E-state index contributed by atoms with van der Waals surface area (Å²) in [6.07, 6.45) is 1.67. The number of amides is 2. The number of anilines is 1. The second-order valence-corrected chi connectivity index (χ2v) is 12.7. The second-order valence-electron chi connectivity index (χ2n) is 11.0. The first-order valence-electron chi connectivity index (χ1n) is 14.0. The Labute approximate surface area is 244 Å². The molecule has 3 aliphatic heterocycles. The minimum Gasteiger partial charge on any atom is -0.490 e. The van der Waals surface area contributed by atoms with Crippen molar-refractivity contribution in [3.8, 4) is 5.75 Å². The predicted octanol–water partition coefficient (Wildman–Crippen LogP) is 3.98. The smallest absolute Gasteiger partial charge is 0.261 e. The summed E-state index contributed by atoms with van der Waals surface area (Å²) in [5, 5.41) is 0. The van der Waals surface area contributed by atoms with E-state index >= 15 is 0 Å². The van der Waals surface area contributed by atoms with E-state index in [1.165, 1.54) is 41.5 Å². The molecule has 11 heteroatoms. The number of carbonyl (C=O) groups excluding carboxylic acids is 2. The van der Waals surface area contributed by atoms with E-state index in [1.807, 2.05) is 17.0 Å². The molecule has 0 bridgehead atoms. The number of hydrogen-bond acceptors (Lipinski definition) is 6. The summed E-state index contributed by atoms with van der Waals surface area (Å²) in [5.74, 6) is -0.651. The molecule has 3 aromatic rings. The number of carbonyl (C=O) groups is 2. The molecule has 3 aliphatic rings. The van der Waals surface area contributed by atoms with Crippen LogP contribution < -0.4 is 9.46 Å². The zero-order chi connectivity index (χ0) is 29.4. The van der Waals surface area contributed by atoms with Crippen molar-refractivity contribution in [2.45, 2.75) is 55.4 Å². The summed E-state index contributed by atoms with van der Waals surface area (Å²) in [4.78, 5) is 30.0. The van der Waals surface area contributed by atoms with E-state index in [0.717, 1.165) is 18.6 Å². The zero-order valence-electron chi connectivity index (χ0n) is 23.2. The standard InChI is InChI=1S/C31H32FN3O6S/c1-34-27-11-10-24(17-30(36)35-14-13-20-5-2-3-6-21(20)18-35)41-29(27)19-40-28-12-9-23(16-26(28)31(34)37)33-42(38,39)25-8-4-7-22(32)15-25/h2-9,12,15-16,24,27,29,33H,10-11,13-14,17-19H2,1H3/t24-,27+,29+/m0/s1. The van der Waals surface area contributed by atoms with Crippen LogP contribution in [0.5, 0.6) is 5.75 Å². The topological polar surface area (TPSA) is 105 Å². The lowest BCUT2D eigenvalue weighted by molar-refractivity contribution is -0.143. The number of benzene rings is 3. The summed E-state index contributed by atoms with van der Waals surface area (Å²) in [6, 6.07) is 17.0. The summed E-state index contributed by atoms with van der Waals surface area (Å²) >= 11 is 0. The lowest BCUT2D eigenvalue weighted by Gasteiger charge is -2.42. The van der Waals surface area contributed by atoms with Crippen molar-refractivity contribution in [3.63, 3.8) is 0 Å². The average Bonchev–Trinajstić information content (AvgIpc) is 2.99. The fourth-order valence-corrected chi connectivity index (χ4v) is 7.05. The molecule has 0 spiro atoms. The van der Waals surface area contributed by atoms with Gasteiger partial charge in [0.05, 0.1) is 29.0 Å². The number of hydrogen-bond donors (Lipinski definition) is 1. The van der Waals surface area contributed by atoms with Crippen molar-refractivity contribution in [1.29, 1.82) is 0 Å². The first kappa shape index (κ1) is 28.2. The second kappa shape index (κ2) is 11.4. The molecule has 1 saturated heterocycles. The van der Waals surface area contributed by atoms with Crippen LogP contribution in [-0.4, -0.2) is 68.5 Å². The van der Waals surface area contributed by atoms with Gasteiger partial charge in [-0.3, -0.25) is 14.3 Å². The molecule has 0 aromatic heterocycles. The molecular weight excluding hydrogens is 561 g/mol. The van der Waals surface area contributed by atoms with Gasteiger partial charge >= 0.3 is 0 Å². The average molecular weight is 594 g/mol. The molecule has 1 N–H and O–H groups in total. The first-order valence-corrected chi connectivity index (χ1v) is 15.5. The summed E-state index contributed by atoms with van der Waals surface area (Å²) in [5.41, 5.74) is 2.82. The minimum absolute atomic E-state index is 0.0581. The van der Waals surface area contributed by atoms with Gasteiger partial charge in [0.2, 0.25) is 5.91 Å². The van der Waals surface area contributed by atoms with Crippen LogP contribution in [0.3, 0.4) is 0 Å². The molecule has 0 unspecified atom stereocenters. The third-order valence-electron chi connectivity index (χ3n) is 8.26. The fraction of sp³-hybridized carbons (Fsp3) is 0.355. The molecule has 9 nitrogen and oxygen atoms in total. The Hall–Kier alpha value is -3.96. The maximum Gasteiger partial charge on any atom is 0.261 e. The van der Waals surface area contributed by atoms with Crippen molar-refractivity contribution >= 4 is 27.5 Å². The van der Waals surface area contributed by atoms with Crippen molar-refractivity contribution in [2.24, 2.45) is 0 Å². The van der Waals surface area contributed by atoms with Crippen LogP contribution in [0.25, 0.3) is 0 Å².